The summed E-state index contributed by atoms with van der Waals surface area (Å²) in [6, 6.07) is 18.1. The molecule has 0 spiro atoms. The molecule has 1 aliphatic heterocycles. The van der Waals surface area contributed by atoms with E-state index in [9.17, 15) is 19.2 Å². The molecule has 0 atom stereocenters. The summed E-state index contributed by atoms with van der Waals surface area (Å²) in [5, 5.41) is 8.99. The quantitative estimate of drug-likeness (QED) is 0.294. The third-order valence-corrected chi connectivity index (χ3v) is 8.37. The largest absolute Gasteiger partial charge is 0.468 e. The Morgan fingerprint density at radius 1 is 0.933 bits per heavy atom. The zero-order chi connectivity index (χ0) is 32.1. The number of carbonyl (C=O) groups excluding carboxylic acids is 4. The van der Waals surface area contributed by atoms with Gasteiger partial charge >= 0.3 is 12.0 Å². The van der Waals surface area contributed by atoms with Crippen LogP contribution in [0.1, 0.15) is 58.4 Å². The predicted octanol–water partition coefficient (Wildman–Crippen LogP) is 6.11. The van der Waals surface area contributed by atoms with Crippen LogP contribution in [-0.2, 0) is 25.7 Å². The summed E-state index contributed by atoms with van der Waals surface area (Å²) in [4.78, 5) is 54.2. The number of urea groups is 1. The molecule has 2 aliphatic rings. The second kappa shape index (κ2) is 13.5. The van der Waals surface area contributed by atoms with E-state index in [-0.39, 0.29) is 37.3 Å². The van der Waals surface area contributed by atoms with Crippen molar-refractivity contribution in [2.24, 2.45) is 16.4 Å². The maximum Gasteiger partial charge on any atom is 0.345 e. The van der Waals surface area contributed by atoms with Crippen LogP contribution >= 0.6 is 0 Å². The molecule has 0 saturated heterocycles. The van der Waals surface area contributed by atoms with Gasteiger partial charge in [0.1, 0.15) is 13.1 Å². The molecule has 0 radical (unpaired) electrons. The van der Waals surface area contributed by atoms with Crippen LogP contribution in [0.5, 0.6) is 0 Å². The van der Waals surface area contributed by atoms with Crippen molar-refractivity contribution in [1.29, 1.82) is 0 Å². The molecule has 10 nitrogen and oxygen atoms in total. The fourth-order valence-electron chi connectivity index (χ4n) is 5.82. The van der Waals surface area contributed by atoms with E-state index >= 15 is 0 Å². The predicted molar refractivity (Wildman–Crippen MR) is 174 cm³/mol. The molecule has 3 amide bonds. The summed E-state index contributed by atoms with van der Waals surface area (Å²) in [6.07, 6.45) is 7.01. The first kappa shape index (κ1) is 31.7. The molecular formula is C35H41N5O5. The average Bonchev–Trinajstić information content (AvgIpc) is 3.45. The van der Waals surface area contributed by atoms with Gasteiger partial charge in [-0.25, -0.2) is 9.80 Å². The zero-order valence-corrected chi connectivity index (χ0v) is 26.4. The van der Waals surface area contributed by atoms with E-state index in [2.05, 4.69) is 5.32 Å². The highest BCUT2D eigenvalue weighted by atomic mass is 16.5. The van der Waals surface area contributed by atoms with Crippen molar-refractivity contribution >= 4 is 40.8 Å². The van der Waals surface area contributed by atoms with Crippen LogP contribution in [0.3, 0.4) is 0 Å². The van der Waals surface area contributed by atoms with Crippen molar-refractivity contribution in [2.75, 3.05) is 30.4 Å². The highest BCUT2D eigenvalue weighted by Crippen LogP contribution is 2.34. The molecule has 1 N–H and O–H groups in total. The van der Waals surface area contributed by atoms with Crippen LogP contribution in [-0.4, -0.2) is 59.2 Å². The minimum absolute atomic E-state index is 0.0599. The molecule has 1 aliphatic carbocycles. The number of ketones is 1. The number of esters is 1. The second-order valence-electron chi connectivity index (χ2n) is 12.7. The summed E-state index contributed by atoms with van der Waals surface area (Å²) >= 11 is 0. The third kappa shape index (κ3) is 7.33. The molecule has 236 valence electrons. The molecule has 1 saturated carbocycles. The smallest absolute Gasteiger partial charge is 0.345 e. The van der Waals surface area contributed by atoms with E-state index in [1.165, 1.54) is 17.0 Å². The van der Waals surface area contributed by atoms with Crippen LogP contribution in [0.4, 0.5) is 16.2 Å². The lowest BCUT2D eigenvalue weighted by molar-refractivity contribution is -0.141. The number of amides is 3. The van der Waals surface area contributed by atoms with Crippen molar-refractivity contribution in [3.8, 4) is 11.3 Å². The van der Waals surface area contributed by atoms with Gasteiger partial charge in [0.25, 0.3) is 0 Å². The number of aromatic nitrogens is 1. The fourth-order valence-corrected chi connectivity index (χ4v) is 5.82. The summed E-state index contributed by atoms with van der Waals surface area (Å²) in [6.45, 7) is 5.10. The summed E-state index contributed by atoms with van der Waals surface area (Å²) in [7, 11) is 1.35. The normalized spacial score (nSPS) is 15.6. The Kier molecular flexibility index (Phi) is 9.51. The number of ether oxygens (including phenoxy) is 1. The lowest BCUT2D eigenvalue weighted by Crippen LogP contribution is -2.47. The third-order valence-electron chi connectivity index (χ3n) is 8.37. The molecule has 5 rings (SSSR count). The van der Waals surface area contributed by atoms with E-state index in [0.29, 0.717) is 11.4 Å². The standard InChI is InChI=1S/C35H41N5O5/c1-35(2,3)30(41)21-39-29-17-9-8-16-27(29)33(24-12-6-5-7-13-24)37-40(34(39)44)22-31(42)36-26-15-10-14-25(20-26)28-18-11-19-38(28)23-32(43)45-4/h8-11,14-20,24H,5-7,12-13,21-23H2,1-4H3,(H,36,42). The highest BCUT2D eigenvalue weighted by molar-refractivity contribution is 6.13. The maximum absolute atomic E-state index is 14.1. The number of nitrogens with one attached hydrogen (secondary N) is 1. The van der Waals surface area contributed by atoms with Gasteiger partial charge in [0.05, 0.1) is 25.1 Å². The molecule has 0 unspecified atom stereocenters. The number of hydrogen-bond acceptors (Lipinski definition) is 6. The van der Waals surface area contributed by atoms with Crippen molar-refractivity contribution in [2.45, 2.75) is 59.4 Å². The number of benzene rings is 2. The summed E-state index contributed by atoms with van der Waals surface area (Å²) in [5.74, 6) is -0.739. The Labute approximate surface area is 264 Å². The monoisotopic (exact) mass is 611 g/mol. The van der Waals surface area contributed by atoms with Gasteiger partial charge in [-0.2, -0.15) is 5.10 Å². The molecule has 10 heteroatoms. The minimum atomic E-state index is -0.654. The molecule has 1 fully saturated rings. The SMILES string of the molecule is COC(=O)Cn1cccc1-c1cccc(NC(=O)CN2N=C(C3CCCCC3)c3ccccc3N(CC(=O)C(C)(C)C)C2=O)c1. The number of Topliss-reactive ketones (excluding diaryl/α,β-unsaturated/α-hetero) is 1. The Balaban J connectivity index is 1.43. The number of nitrogens with zero attached hydrogens (tertiary/aromatic N) is 4. The molecular weight excluding hydrogens is 570 g/mol. The van der Waals surface area contributed by atoms with E-state index in [4.69, 9.17) is 9.84 Å². The Bertz CT molecular complexity index is 1610. The Hall–Kier alpha value is -4.73. The second-order valence-corrected chi connectivity index (χ2v) is 12.7. The van der Waals surface area contributed by atoms with Crippen molar-refractivity contribution in [3.05, 3.63) is 72.4 Å². The zero-order valence-electron chi connectivity index (χ0n) is 26.4. The van der Waals surface area contributed by atoms with Crippen LogP contribution in [0.2, 0.25) is 0 Å². The van der Waals surface area contributed by atoms with Gasteiger partial charge in [0.2, 0.25) is 5.91 Å². The number of carbonyl (C=O) groups is 4. The van der Waals surface area contributed by atoms with Crippen LogP contribution < -0.4 is 10.2 Å². The highest BCUT2D eigenvalue weighted by Gasteiger charge is 2.36. The van der Waals surface area contributed by atoms with Crippen LogP contribution in [0.25, 0.3) is 11.3 Å². The van der Waals surface area contributed by atoms with E-state index in [0.717, 1.165) is 54.6 Å². The van der Waals surface area contributed by atoms with Crippen molar-refractivity contribution in [3.63, 3.8) is 0 Å². The topological polar surface area (TPSA) is 113 Å². The van der Waals surface area contributed by atoms with Gasteiger partial charge in [0.15, 0.2) is 5.78 Å². The van der Waals surface area contributed by atoms with Gasteiger partial charge in [-0.3, -0.25) is 19.3 Å². The number of fused-ring (bicyclic) bond motifs is 1. The summed E-state index contributed by atoms with van der Waals surface area (Å²) < 4.78 is 6.58. The molecule has 45 heavy (non-hydrogen) atoms. The van der Waals surface area contributed by atoms with Crippen LogP contribution in [0.15, 0.2) is 72.0 Å². The molecule has 2 heterocycles. The van der Waals surface area contributed by atoms with Crippen molar-refractivity contribution < 1.29 is 23.9 Å². The minimum Gasteiger partial charge on any atom is -0.468 e. The van der Waals surface area contributed by atoms with Gasteiger partial charge < -0.3 is 14.6 Å². The summed E-state index contributed by atoms with van der Waals surface area (Å²) in [5.41, 5.74) is 3.71. The number of methoxy groups -OCH3 is 1. The first-order valence-electron chi connectivity index (χ1n) is 15.5. The molecule has 2 aromatic carbocycles. The Morgan fingerprint density at radius 3 is 2.42 bits per heavy atom. The number of para-hydroxylation sites is 1. The number of rotatable bonds is 9. The number of anilines is 2. The first-order chi connectivity index (χ1) is 21.5. The number of hydrogen-bond donors (Lipinski definition) is 1. The lowest BCUT2D eigenvalue weighted by Gasteiger charge is -2.28. The van der Waals surface area contributed by atoms with Gasteiger partial charge in [-0.15, -0.1) is 0 Å². The molecule has 3 aromatic rings. The average molecular weight is 612 g/mol. The fraction of sp³-hybridized carbons (Fsp3) is 0.400. The molecule has 1 aromatic heterocycles. The van der Waals surface area contributed by atoms with Crippen LogP contribution in [0, 0.1) is 11.3 Å². The van der Waals surface area contributed by atoms with E-state index < -0.39 is 17.4 Å². The van der Waals surface area contributed by atoms with Crippen molar-refractivity contribution in [1.82, 2.24) is 9.58 Å². The molecule has 0 bridgehead atoms. The van der Waals surface area contributed by atoms with Gasteiger partial charge in [0, 0.05) is 40.0 Å². The van der Waals surface area contributed by atoms with E-state index in [1.807, 2.05) is 75.4 Å². The van der Waals surface area contributed by atoms with Gasteiger partial charge in [-0.1, -0.05) is 70.4 Å². The first-order valence-corrected chi connectivity index (χ1v) is 15.5. The Morgan fingerprint density at radius 2 is 1.69 bits per heavy atom. The lowest BCUT2D eigenvalue weighted by atomic mass is 9.83. The van der Waals surface area contributed by atoms with E-state index in [1.54, 1.807) is 16.8 Å². The van der Waals surface area contributed by atoms with Gasteiger partial charge in [-0.05, 0) is 43.2 Å². The number of hydrazone groups is 1. The maximum atomic E-state index is 14.1.